The van der Waals surface area contributed by atoms with Crippen molar-refractivity contribution in [1.29, 1.82) is 0 Å². The van der Waals surface area contributed by atoms with Gasteiger partial charge in [0.05, 0.1) is 12.6 Å². The molecule has 1 aliphatic heterocycles. The van der Waals surface area contributed by atoms with Gasteiger partial charge in [-0.25, -0.2) is 0 Å². The van der Waals surface area contributed by atoms with Crippen LogP contribution >= 0.6 is 0 Å². The molecule has 4 heteroatoms. The zero-order valence-electron chi connectivity index (χ0n) is 17.1. The quantitative estimate of drug-likeness (QED) is 0.623. The van der Waals surface area contributed by atoms with Gasteiger partial charge in [0.2, 0.25) is 0 Å². The number of hydrogen-bond donors (Lipinski definition) is 0. The molecule has 2 heterocycles. The molecule has 3 aromatic rings. The van der Waals surface area contributed by atoms with Crippen LogP contribution in [-0.2, 0) is 13.0 Å². The number of nitrogens with zero attached hydrogens (tertiary/aromatic N) is 3. The molecule has 28 heavy (non-hydrogen) atoms. The lowest BCUT2D eigenvalue weighted by Crippen LogP contribution is -2.44. The molecule has 1 saturated heterocycles. The second-order valence-corrected chi connectivity index (χ2v) is 7.90. The normalized spacial score (nSPS) is 15.9. The van der Waals surface area contributed by atoms with Gasteiger partial charge in [0.25, 0.3) is 0 Å². The average Bonchev–Trinajstić information content (AvgIpc) is 3.07. The van der Waals surface area contributed by atoms with Crippen LogP contribution in [0.4, 0.5) is 0 Å². The number of benzene rings is 2. The summed E-state index contributed by atoms with van der Waals surface area (Å²) < 4.78 is 7.86. The molecule has 0 bridgehead atoms. The molecule has 0 atom stereocenters. The van der Waals surface area contributed by atoms with Crippen LogP contribution in [0, 0.1) is 0 Å². The van der Waals surface area contributed by atoms with Crippen molar-refractivity contribution >= 4 is 10.9 Å². The second-order valence-electron chi connectivity index (χ2n) is 7.90. The van der Waals surface area contributed by atoms with E-state index in [1.165, 1.54) is 61.2 Å². The Bertz CT molecular complexity index is 895. The first kappa shape index (κ1) is 19.0. The van der Waals surface area contributed by atoms with Crippen LogP contribution < -0.4 is 4.74 Å². The summed E-state index contributed by atoms with van der Waals surface area (Å²) in [5.74, 6) is 0.920. The number of aryl methyl sites for hydroxylation is 1. The van der Waals surface area contributed by atoms with Gasteiger partial charge >= 0.3 is 0 Å². The van der Waals surface area contributed by atoms with Crippen molar-refractivity contribution in [3.63, 3.8) is 0 Å². The SMILES string of the molecule is COc1ccc2c(CCCN3CCN(C)CC3)cn(Cc3ccccc3)c2c1. The van der Waals surface area contributed by atoms with Gasteiger partial charge in [-0.1, -0.05) is 30.3 Å². The maximum Gasteiger partial charge on any atom is 0.120 e. The van der Waals surface area contributed by atoms with Gasteiger partial charge in [-0.05, 0) is 49.7 Å². The molecule has 0 saturated carbocycles. The van der Waals surface area contributed by atoms with Crippen molar-refractivity contribution in [2.24, 2.45) is 0 Å². The zero-order valence-corrected chi connectivity index (χ0v) is 17.1. The summed E-state index contributed by atoms with van der Waals surface area (Å²) in [5, 5.41) is 1.36. The van der Waals surface area contributed by atoms with Gasteiger partial charge in [-0.2, -0.15) is 0 Å². The fourth-order valence-electron chi connectivity index (χ4n) is 4.15. The Morgan fingerprint density at radius 2 is 1.75 bits per heavy atom. The number of fused-ring (bicyclic) bond motifs is 1. The van der Waals surface area contributed by atoms with Crippen molar-refractivity contribution in [2.45, 2.75) is 19.4 Å². The van der Waals surface area contributed by atoms with E-state index in [0.717, 1.165) is 18.7 Å². The third-order valence-electron chi connectivity index (χ3n) is 5.88. The molecule has 0 radical (unpaired) electrons. The molecular weight excluding hydrogens is 346 g/mol. The third kappa shape index (κ3) is 4.40. The molecular formula is C24H31N3O. The Morgan fingerprint density at radius 1 is 0.964 bits per heavy atom. The standard InChI is InChI=1S/C24H31N3O/c1-25-13-15-26(16-14-25)12-6-9-21-19-27(18-20-7-4-3-5-8-20)24-17-22(28-2)10-11-23(21)24/h3-5,7-8,10-11,17,19H,6,9,12-16,18H2,1-2H3. The number of methoxy groups -OCH3 is 1. The van der Waals surface area contributed by atoms with Crippen LogP contribution in [0.1, 0.15) is 17.5 Å². The molecule has 0 aliphatic carbocycles. The van der Waals surface area contributed by atoms with E-state index in [1.807, 2.05) is 0 Å². The molecule has 2 aromatic carbocycles. The van der Waals surface area contributed by atoms with Gasteiger partial charge in [-0.3, -0.25) is 0 Å². The Morgan fingerprint density at radius 3 is 2.50 bits per heavy atom. The molecule has 1 fully saturated rings. The Balaban J connectivity index is 1.51. The largest absolute Gasteiger partial charge is 0.497 e. The van der Waals surface area contributed by atoms with E-state index in [9.17, 15) is 0 Å². The third-order valence-corrected chi connectivity index (χ3v) is 5.88. The maximum atomic E-state index is 5.48. The molecule has 1 aromatic heterocycles. The monoisotopic (exact) mass is 377 g/mol. The predicted octanol–water partition coefficient (Wildman–Crippen LogP) is 3.88. The van der Waals surface area contributed by atoms with Crippen molar-refractivity contribution in [1.82, 2.24) is 14.4 Å². The summed E-state index contributed by atoms with van der Waals surface area (Å²) in [7, 11) is 3.95. The van der Waals surface area contributed by atoms with Crippen molar-refractivity contribution in [2.75, 3.05) is 46.9 Å². The number of rotatable bonds is 7. The second kappa shape index (κ2) is 8.80. The Kier molecular flexibility index (Phi) is 5.98. The molecule has 0 amide bonds. The first-order valence-corrected chi connectivity index (χ1v) is 10.3. The van der Waals surface area contributed by atoms with Crippen LogP contribution in [0.15, 0.2) is 54.7 Å². The predicted molar refractivity (Wildman–Crippen MR) is 116 cm³/mol. The van der Waals surface area contributed by atoms with Crippen molar-refractivity contribution in [3.8, 4) is 5.75 Å². The van der Waals surface area contributed by atoms with Gasteiger partial charge < -0.3 is 19.1 Å². The Labute approximate surface area is 168 Å². The van der Waals surface area contributed by atoms with Gasteiger partial charge in [0, 0.05) is 50.4 Å². The summed E-state index contributed by atoms with van der Waals surface area (Å²) >= 11 is 0. The maximum absolute atomic E-state index is 5.48. The number of hydrogen-bond acceptors (Lipinski definition) is 3. The van der Waals surface area contributed by atoms with E-state index in [0.29, 0.717) is 0 Å². The van der Waals surface area contributed by atoms with E-state index >= 15 is 0 Å². The topological polar surface area (TPSA) is 20.6 Å². The summed E-state index contributed by atoms with van der Waals surface area (Å²) in [6.45, 7) is 6.86. The van der Waals surface area contributed by atoms with Crippen LogP contribution in [0.25, 0.3) is 10.9 Å². The van der Waals surface area contributed by atoms with E-state index in [4.69, 9.17) is 4.74 Å². The summed E-state index contributed by atoms with van der Waals surface area (Å²) in [6.07, 6.45) is 4.68. The van der Waals surface area contributed by atoms with Gasteiger partial charge in [-0.15, -0.1) is 0 Å². The molecule has 1 aliphatic rings. The fourth-order valence-corrected chi connectivity index (χ4v) is 4.15. The van der Waals surface area contributed by atoms with E-state index < -0.39 is 0 Å². The minimum Gasteiger partial charge on any atom is -0.497 e. The summed E-state index contributed by atoms with van der Waals surface area (Å²) in [4.78, 5) is 5.02. The highest BCUT2D eigenvalue weighted by Crippen LogP contribution is 2.27. The van der Waals surface area contributed by atoms with Crippen LogP contribution in [-0.4, -0.2) is 61.2 Å². The summed E-state index contributed by atoms with van der Waals surface area (Å²) in [5.41, 5.74) is 4.03. The lowest BCUT2D eigenvalue weighted by Gasteiger charge is -2.32. The van der Waals surface area contributed by atoms with E-state index in [2.05, 4.69) is 76.1 Å². The number of aromatic nitrogens is 1. The van der Waals surface area contributed by atoms with Crippen LogP contribution in [0.2, 0.25) is 0 Å². The number of ether oxygens (including phenoxy) is 1. The zero-order chi connectivity index (χ0) is 19.3. The molecule has 148 valence electrons. The first-order chi connectivity index (χ1) is 13.7. The Hall–Kier alpha value is -2.30. The number of piperazine rings is 1. The molecule has 0 unspecified atom stereocenters. The minimum absolute atomic E-state index is 0.892. The van der Waals surface area contributed by atoms with Crippen LogP contribution in [0.5, 0.6) is 5.75 Å². The number of likely N-dealkylation sites (N-methyl/N-ethyl adjacent to an activating group) is 1. The smallest absolute Gasteiger partial charge is 0.120 e. The average molecular weight is 378 g/mol. The van der Waals surface area contributed by atoms with Gasteiger partial charge in [0.1, 0.15) is 5.75 Å². The lowest BCUT2D eigenvalue weighted by atomic mass is 10.1. The van der Waals surface area contributed by atoms with E-state index in [1.54, 1.807) is 7.11 Å². The molecule has 0 spiro atoms. The van der Waals surface area contributed by atoms with Crippen LogP contribution in [0.3, 0.4) is 0 Å². The van der Waals surface area contributed by atoms with Crippen molar-refractivity contribution in [3.05, 3.63) is 65.9 Å². The highest BCUT2D eigenvalue weighted by Gasteiger charge is 2.14. The molecule has 0 N–H and O–H groups in total. The summed E-state index contributed by atoms with van der Waals surface area (Å²) in [6, 6.07) is 17.2. The fraction of sp³-hybridized carbons (Fsp3) is 0.417. The molecule has 4 nitrogen and oxygen atoms in total. The lowest BCUT2D eigenvalue weighted by molar-refractivity contribution is 0.153. The minimum atomic E-state index is 0.892. The first-order valence-electron chi connectivity index (χ1n) is 10.3. The molecule has 4 rings (SSSR count). The highest BCUT2D eigenvalue weighted by molar-refractivity contribution is 5.85. The highest BCUT2D eigenvalue weighted by atomic mass is 16.5. The van der Waals surface area contributed by atoms with Crippen molar-refractivity contribution < 1.29 is 4.74 Å². The van der Waals surface area contributed by atoms with Gasteiger partial charge in [0.15, 0.2) is 0 Å². The van der Waals surface area contributed by atoms with E-state index in [-0.39, 0.29) is 0 Å².